The minimum Gasteiger partial charge on any atom is -0.465 e. The maximum Gasteiger partial charge on any atom is 0.274 e. The number of hydrogen-bond acceptors (Lipinski definition) is 5. The van der Waals surface area contributed by atoms with Crippen molar-refractivity contribution in [3.63, 3.8) is 0 Å². The van der Waals surface area contributed by atoms with Crippen LogP contribution >= 0.6 is 0 Å². The highest BCUT2D eigenvalue weighted by Crippen LogP contribution is 2.22. The summed E-state index contributed by atoms with van der Waals surface area (Å²) in [4.78, 5) is 13.0. The molecule has 7 nitrogen and oxygen atoms in total. The van der Waals surface area contributed by atoms with E-state index in [2.05, 4.69) is 20.8 Å². The Balaban J connectivity index is 1.75. The fraction of sp³-hybridized carbons (Fsp3) is 0. The molecule has 29 heavy (non-hydrogen) atoms. The van der Waals surface area contributed by atoms with Crippen LogP contribution < -0.4 is 5.32 Å². The number of furan rings is 1. The van der Waals surface area contributed by atoms with Crippen molar-refractivity contribution in [2.75, 3.05) is 5.32 Å². The lowest BCUT2D eigenvalue weighted by Crippen LogP contribution is -2.19. The van der Waals surface area contributed by atoms with Crippen molar-refractivity contribution in [1.82, 2.24) is 20.2 Å². The van der Waals surface area contributed by atoms with Crippen LogP contribution in [-0.4, -0.2) is 26.1 Å². The molecule has 0 bridgehead atoms. The van der Waals surface area contributed by atoms with Gasteiger partial charge in [-0.1, -0.05) is 30.3 Å². The summed E-state index contributed by atoms with van der Waals surface area (Å²) >= 11 is 0. The molecule has 0 saturated carbocycles. The van der Waals surface area contributed by atoms with Crippen LogP contribution in [0.2, 0.25) is 0 Å². The standard InChI is InChI=1S/C20H13F2N5O2/c21-16-9-8-14(11-17(16)22)23-20(28)18(12-15-7-4-10-29-15)27-19(24-25-26-27)13-5-2-1-3-6-13/h1-12H,(H,23,28). The Morgan fingerprint density at radius 3 is 2.59 bits per heavy atom. The van der Waals surface area contributed by atoms with Crippen molar-refractivity contribution in [2.45, 2.75) is 0 Å². The van der Waals surface area contributed by atoms with Crippen LogP contribution in [0.3, 0.4) is 0 Å². The Kier molecular flexibility index (Phi) is 4.93. The molecule has 0 unspecified atom stereocenters. The first kappa shape index (κ1) is 18.2. The number of benzene rings is 2. The molecule has 9 heteroatoms. The summed E-state index contributed by atoms with van der Waals surface area (Å²) in [5.41, 5.74) is 0.783. The predicted octanol–water partition coefficient (Wildman–Crippen LogP) is 3.85. The van der Waals surface area contributed by atoms with Crippen molar-refractivity contribution >= 4 is 23.4 Å². The normalized spacial score (nSPS) is 11.4. The van der Waals surface area contributed by atoms with E-state index in [1.807, 2.05) is 18.2 Å². The van der Waals surface area contributed by atoms with Gasteiger partial charge in [-0.05, 0) is 34.7 Å². The van der Waals surface area contributed by atoms with Crippen molar-refractivity contribution in [3.05, 3.63) is 84.3 Å². The minimum atomic E-state index is -1.08. The highest BCUT2D eigenvalue weighted by Gasteiger charge is 2.20. The van der Waals surface area contributed by atoms with Gasteiger partial charge in [0, 0.05) is 23.4 Å². The number of tetrazole rings is 1. The van der Waals surface area contributed by atoms with Gasteiger partial charge >= 0.3 is 0 Å². The number of carbonyl (C=O) groups excluding carboxylic acids is 1. The lowest BCUT2D eigenvalue weighted by molar-refractivity contribution is -0.111. The molecule has 0 saturated heterocycles. The fourth-order valence-electron chi connectivity index (χ4n) is 2.62. The highest BCUT2D eigenvalue weighted by atomic mass is 19.2. The Morgan fingerprint density at radius 2 is 1.86 bits per heavy atom. The molecule has 2 heterocycles. The Morgan fingerprint density at radius 1 is 1.03 bits per heavy atom. The number of hydrogen-bond donors (Lipinski definition) is 1. The molecule has 0 spiro atoms. The van der Waals surface area contributed by atoms with E-state index in [0.717, 1.165) is 12.1 Å². The van der Waals surface area contributed by atoms with E-state index in [0.29, 0.717) is 17.1 Å². The van der Waals surface area contributed by atoms with Gasteiger partial charge in [0.1, 0.15) is 11.5 Å². The number of carbonyl (C=O) groups is 1. The zero-order valence-electron chi connectivity index (χ0n) is 14.8. The van der Waals surface area contributed by atoms with Gasteiger partial charge in [-0.2, -0.15) is 4.68 Å². The Hall–Kier alpha value is -4.14. The molecule has 0 aliphatic rings. The molecule has 144 valence electrons. The molecular formula is C20H13F2N5O2. The molecule has 4 aromatic rings. The van der Waals surface area contributed by atoms with Crippen molar-refractivity contribution in [3.8, 4) is 11.4 Å². The minimum absolute atomic E-state index is 0.0218. The summed E-state index contributed by atoms with van der Waals surface area (Å²) in [5, 5.41) is 14.1. The number of anilines is 1. The summed E-state index contributed by atoms with van der Waals surface area (Å²) in [6.07, 6.45) is 2.90. The smallest absolute Gasteiger partial charge is 0.274 e. The van der Waals surface area contributed by atoms with Gasteiger partial charge in [0.25, 0.3) is 5.91 Å². The van der Waals surface area contributed by atoms with Gasteiger partial charge in [0.05, 0.1) is 6.26 Å². The second kappa shape index (κ2) is 7.85. The van der Waals surface area contributed by atoms with E-state index in [1.54, 1.807) is 24.3 Å². The van der Waals surface area contributed by atoms with Gasteiger partial charge in [-0.3, -0.25) is 4.79 Å². The third-order valence-electron chi connectivity index (χ3n) is 3.96. The molecule has 1 amide bonds. The van der Waals surface area contributed by atoms with Crippen LogP contribution in [0, 0.1) is 11.6 Å². The zero-order valence-corrected chi connectivity index (χ0v) is 14.8. The quantitative estimate of drug-likeness (QED) is 0.521. The van der Waals surface area contributed by atoms with Gasteiger partial charge in [0.2, 0.25) is 0 Å². The summed E-state index contributed by atoms with van der Waals surface area (Å²) in [7, 11) is 0. The van der Waals surface area contributed by atoms with Gasteiger partial charge in [0.15, 0.2) is 17.5 Å². The second-order valence-electron chi connectivity index (χ2n) is 5.91. The number of halogens is 2. The van der Waals surface area contributed by atoms with E-state index in [9.17, 15) is 13.6 Å². The topological polar surface area (TPSA) is 85.8 Å². The number of amides is 1. The third kappa shape index (κ3) is 3.93. The molecule has 0 aliphatic carbocycles. The number of aromatic nitrogens is 4. The molecule has 0 fully saturated rings. The molecule has 0 atom stereocenters. The molecule has 4 rings (SSSR count). The lowest BCUT2D eigenvalue weighted by atomic mass is 10.2. The number of rotatable bonds is 5. The van der Waals surface area contributed by atoms with E-state index >= 15 is 0 Å². The van der Waals surface area contributed by atoms with Crippen LogP contribution in [0.15, 0.2) is 71.3 Å². The fourth-order valence-corrected chi connectivity index (χ4v) is 2.62. The zero-order chi connectivity index (χ0) is 20.2. The lowest BCUT2D eigenvalue weighted by Gasteiger charge is -2.10. The van der Waals surface area contributed by atoms with E-state index < -0.39 is 17.5 Å². The Labute approximate surface area is 163 Å². The van der Waals surface area contributed by atoms with Crippen LogP contribution in [-0.2, 0) is 4.79 Å². The van der Waals surface area contributed by atoms with E-state index in [4.69, 9.17) is 4.42 Å². The van der Waals surface area contributed by atoms with Crippen molar-refractivity contribution in [2.24, 2.45) is 0 Å². The maximum absolute atomic E-state index is 13.5. The molecule has 2 aromatic heterocycles. The third-order valence-corrected chi connectivity index (χ3v) is 3.96. The molecular weight excluding hydrogens is 380 g/mol. The first-order valence-electron chi connectivity index (χ1n) is 8.47. The van der Waals surface area contributed by atoms with Crippen LogP contribution in [0.25, 0.3) is 23.2 Å². The van der Waals surface area contributed by atoms with Gasteiger partial charge < -0.3 is 9.73 Å². The predicted molar refractivity (Wildman–Crippen MR) is 101 cm³/mol. The van der Waals surface area contributed by atoms with E-state index in [1.165, 1.54) is 23.1 Å². The molecule has 1 N–H and O–H groups in total. The van der Waals surface area contributed by atoms with E-state index in [-0.39, 0.29) is 11.4 Å². The monoisotopic (exact) mass is 393 g/mol. The second-order valence-corrected chi connectivity index (χ2v) is 5.91. The maximum atomic E-state index is 13.5. The summed E-state index contributed by atoms with van der Waals surface area (Å²) < 4.78 is 33.2. The van der Waals surface area contributed by atoms with Gasteiger partial charge in [-0.25, -0.2) is 8.78 Å². The highest BCUT2D eigenvalue weighted by molar-refractivity contribution is 6.24. The van der Waals surface area contributed by atoms with Crippen LogP contribution in [0.1, 0.15) is 5.76 Å². The average Bonchev–Trinajstić information content (AvgIpc) is 3.41. The van der Waals surface area contributed by atoms with Crippen LogP contribution in [0.4, 0.5) is 14.5 Å². The summed E-state index contributed by atoms with van der Waals surface area (Å²) in [6, 6.07) is 15.4. The largest absolute Gasteiger partial charge is 0.465 e. The van der Waals surface area contributed by atoms with Crippen molar-refractivity contribution in [1.29, 1.82) is 0 Å². The summed E-state index contributed by atoms with van der Waals surface area (Å²) in [6.45, 7) is 0. The molecule has 2 aromatic carbocycles. The SMILES string of the molecule is O=C(Nc1ccc(F)c(F)c1)C(=Cc1ccco1)n1nnnc1-c1ccccc1. The Bertz CT molecular complexity index is 1170. The molecule has 0 aliphatic heterocycles. The van der Waals surface area contributed by atoms with Gasteiger partial charge in [-0.15, -0.1) is 5.10 Å². The first-order valence-corrected chi connectivity index (χ1v) is 8.47. The average molecular weight is 393 g/mol. The number of nitrogens with zero attached hydrogens (tertiary/aromatic N) is 4. The van der Waals surface area contributed by atoms with Crippen LogP contribution in [0.5, 0.6) is 0 Å². The van der Waals surface area contributed by atoms with Crippen molar-refractivity contribution < 1.29 is 18.0 Å². The number of nitrogens with one attached hydrogen (secondary N) is 1. The first-order chi connectivity index (χ1) is 14.1. The molecule has 0 radical (unpaired) electrons. The summed E-state index contributed by atoms with van der Waals surface area (Å²) in [5.74, 6) is -2.02.